The fourth-order valence-corrected chi connectivity index (χ4v) is 3.77. The zero-order chi connectivity index (χ0) is 14.5. The third-order valence-electron chi connectivity index (χ3n) is 3.63. The SMILES string of the molecule is CCC[C@@H](NS(=O)(=O)N(C)C1CCCCC1)C(=O)O. The van der Waals surface area contributed by atoms with E-state index in [1.165, 1.54) is 11.4 Å². The van der Waals surface area contributed by atoms with Crippen molar-refractivity contribution in [2.75, 3.05) is 7.05 Å². The molecule has 0 heterocycles. The lowest BCUT2D eigenvalue weighted by Crippen LogP contribution is -2.50. The maximum Gasteiger partial charge on any atom is 0.321 e. The Morgan fingerprint density at radius 1 is 1.37 bits per heavy atom. The molecule has 2 N–H and O–H groups in total. The predicted octanol–water partition coefficient (Wildman–Crippen LogP) is 1.34. The summed E-state index contributed by atoms with van der Waals surface area (Å²) in [4.78, 5) is 11.0. The molecule has 1 aliphatic carbocycles. The summed E-state index contributed by atoms with van der Waals surface area (Å²) in [6.07, 6.45) is 5.82. The highest BCUT2D eigenvalue weighted by atomic mass is 32.2. The summed E-state index contributed by atoms with van der Waals surface area (Å²) < 4.78 is 27.9. The van der Waals surface area contributed by atoms with Crippen LogP contribution in [0.4, 0.5) is 0 Å². The van der Waals surface area contributed by atoms with E-state index in [0.29, 0.717) is 12.8 Å². The average Bonchev–Trinajstić information content (AvgIpc) is 2.38. The van der Waals surface area contributed by atoms with Gasteiger partial charge in [0.05, 0.1) is 0 Å². The molecule has 6 nitrogen and oxygen atoms in total. The first-order valence-corrected chi connectivity index (χ1v) is 8.30. The van der Waals surface area contributed by atoms with Gasteiger partial charge in [0, 0.05) is 13.1 Å². The Labute approximate surface area is 115 Å². The molecule has 0 radical (unpaired) electrons. The van der Waals surface area contributed by atoms with Gasteiger partial charge in [0.15, 0.2) is 0 Å². The zero-order valence-corrected chi connectivity index (χ0v) is 12.4. The molecular formula is C12H24N2O4S. The molecule has 0 saturated heterocycles. The summed E-state index contributed by atoms with van der Waals surface area (Å²) in [6, 6.07) is -1.05. The topological polar surface area (TPSA) is 86.7 Å². The van der Waals surface area contributed by atoms with Gasteiger partial charge in [-0.25, -0.2) is 0 Å². The number of nitrogens with one attached hydrogen (secondary N) is 1. The van der Waals surface area contributed by atoms with Crippen molar-refractivity contribution in [1.82, 2.24) is 9.03 Å². The molecule has 0 unspecified atom stereocenters. The first-order valence-electron chi connectivity index (χ1n) is 6.86. The van der Waals surface area contributed by atoms with Crippen LogP contribution in [0, 0.1) is 0 Å². The Balaban J connectivity index is 2.69. The van der Waals surface area contributed by atoms with E-state index in [4.69, 9.17) is 5.11 Å². The van der Waals surface area contributed by atoms with Crippen LogP contribution in [0.1, 0.15) is 51.9 Å². The predicted molar refractivity (Wildman–Crippen MR) is 73.0 cm³/mol. The van der Waals surface area contributed by atoms with Crippen LogP contribution in [-0.4, -0.2) is 42.9 Å². The second-order valence-electron chi connectivity index (χ2n) is 5.11. The van der Waals surface area contributed by atoms with E-state index < -0.39 is 22.2 Å². The molecule has 0 bridgehead atoms. The Morgan fingerprint density at radius 3 is 2.42 bits per heavy atom. The smallest absolute Gasteiger partial charge is 0.321 e. The van der Waals surface area contributed by atoms with Gasteiger partial charge < -0.3 is 5.11 Å². The summed E-state index contributed by atoms with van der Waals surface area (Å²) in [6.45, 7) is 1.83. The molecular weight excluding hydrogens is 268 g/mol. The molecule has 0 spiro atoms. The van der Waals surface area contributed by atoms with E-state index in [0.717, 1.165) is 32.1 Å². The first-order chi connectivity index (χ1) is 8.88. The van der Waals surface area contributed by atoms with Crippen molar-refractivity contribution in [3.63, 3.8) is 0 Å². The number of hydrogen-bond acceptors (Lipinski definition) is 3. The largest absolute Gasteiger partial charge is 0.480 e. The van der Waals surface area contributed by atoms with Crippen molar-refractivity contribution < 1.29 is 18.3 Å². The zero-order valence-electron chi connectivity index (χ0n) is 11.6. The lowest BCUT2D eigenvalue weighted by Gasteiger charge is -2.31. The van der Waals surface area contributed by atoms with Crippen LogP contribution in [0.15, 0.2) is 0 Å². The summed E-state index contributed by atoms with van der Waals surface area (Å²) >= 11 is 0. The van der Waals surface area contributed by atoms with Gasteiger partial charge in [-0.2, -0.15) is 17.4 Å². The van der Waals surface area contributed by atoms with E-state index >= 15 is 0 Å². The van der Waals surface area contributed by atoms with Gasteiger partial charge in [0.2, 0.25) is 0 Å². The lowest BCUT2D eigenvalue weighted by atomic mass is 9.96. The lowest BCUT2D eigenvalue weighted by molar-refractivity contribution is -0.139. The molecule has 7 heteroatoms. The number of nitrogens with zero attached hydrogens (tertiary/aromatic N) is 1. The molecule has 19 heavy (non-hydrogen) atoms. The van der Waals surface area contributed by atoms with Crippen LogP contribution in [-0.2, 0) is 15.0 Å². The van der Waals surface area contributed by atoms with E-state index in [1.807, 2.05) is 6.92 Å². The van der Waals surface area contributed by atoms with E-state index in [1.54, 1.807) is 0 Å². The normalized spacial score (nSPS) is 19.5. The van der Waals surface area contributed by atoms with Crippen LogP contribution in [0.2, 0.25) is 0 Å². The molecule has 0 aromatic rings. The molecule has 1 atom stereocenters. The Bertz CT molecular complexity index is 391. The van der Waals surface area contributed by atoms with Gasteiger partial charge in [-0.1, -0.05) is 32.6 Å². The molecule has 0 aliphatic heterocycles. The Morgan fingerprint density at radius 2 is 1.95 bits per heavy atom. The van der Waals surface area contributed by atoms with E-state index in [9.17, 15) is 13.2 Å². The molecule has 1 saturated carbocycles. The van der Waals surface area contributed by atoms with Crippen molar-refractivity contribution in [3.05, 3.63) is 0 Å². The minimum atomic E-state index is -3.72. The molecule has 1 aliphatic rings. The van der Waals surface area contributed by atoms with Crippen molar-refractivity contribution in [2.24, 2.45) is 0 Å². The summed E-state index contributed by atoms with van der Waals surface area (Å²) in [7, 11) is -2.19. The second kappa shape index (κ2) is 7.21. The minimum absolute atomic E-state index is 0.0117. The fraction of sp³-hybridized carbons (Fsp3) is 0.917. The Hall–Kier alpha value is -0.660. The maximum atomic E-state index is 12.2. The van der Waals surface area contributed by atoms with Gasteiger partial charge in [0.25, 0.3) is 10.2 Å². The van der Waals surface area contributed by atoms with Gasteiger partial charge in [-0.3, -0.25) is 4.79 Å². The van der Waals surface area contributed by atoms with E-state index in [2.05, 4.69) is 4.72 Å². The fourth-order valence-electron chi connectivity index (χ4n) is 2.43. The molecule has 112 valence electrons. The third-order valence-corrected chi connectivity index (χ3v) is 5.27. The first kappa shape index (κ1) is 16.4. The highest BCUT2D eigenvalue weighted by Gasteiger charge is 2.31. The Kier molecular flexibility index (Phi) is 6.22. The van der Waals surface area contributed by atoms with Gasteiger partial charge in [-0.05, 0) is 19.3 Å². The van der Waals surface area contributed by atoms with Crippen molar-refractivity contribution in [2.45, 2.75) is 64.0 Å². The van der Waals surface area contributed by atoms with Crippen LogP contribution in [0.25, 0.3) is 0 Å². The van der Waals surface area contributed by atoms with Crippen LogP contribution in [0.5, 0.6) is 0 Å². The summed E-state index contributed by atoms with van der Waals surface area (Å²) in [5, 5.41) is 9.01. The summed E-state index contributed by atoms with van der Waals surface area (Å²) in [5.41, 5.74) is 0. The number of carbonyl (C=O) groups is 1. The van der Waals surface area contributed by atoms with Gasteiger partial charge in [-0.15, -0.1) is 0 Å². The van der Waals surface area contributed by atoms with Crippen LogP contribution in [0.3, 0.4) is 0 Å². The second-order valence-corrected chi connectivity index (χ2v) is 6.87. The molecule has 1 fully saturated rings. The number of hydrogen-bond donors (Lipinski definition) is 2. The maximum absolute atomic E-state index is 12.2. The summed E-state index contributed by atoms with van der Waals surface area (Å²) in [5.74, 6) is -1.12. The van der Waals surface area contributed by atoms with Crippen LogP contribution >= 0.6 is 0 Å². The molecule has 1 rings (SSSR count). The highest BCUT2D eigenvalue weighted by molar-refractivity contribution is 7.87. The quantitative estimate of drug-likeness (QED) is 0.741. The minimum Gasteiger partial charge on any atom is -0.480 e. The standard InChI is InChI=1S/C12H24N2O4S/c1-3-7-11(12(15)16)13-19(17,18)14(2)10-8-5-4-6-9-10/h10-11,13H,3-9H2,1-2H3,(H,15,16)/t11-/m1/s1. The number of carboxylic acid groups (broad SMARTS) is 1. The molecule has 0 aromatic heterocycles. The van der Waals surface area contributed by atoms with Gasteiger partial charge >= 0.3 is 5.97 Å². The monoisotopic (exact) mass is 292 g/mol. The number of rotatable bonds is 7. The van der Waals surface area contributed by atoms with Crippen molar-refractivity contribution in [3.8, 4) is 0 Å². The number of carboxylic acids is 1. The van der Waals surface area contributed by atoms with Crippen LogP contribution < -0.4 is 4.72 Å². The molecule has 0 amide bonds. The van der Waals surface area contributed by atoms with E-state index in [-0.39, 0.29) is 6.04 Å². The van der Waals surface area contributed by atoms with Gasteiger partial charge in [0.1, 0.15) is 6.04 Å². The third kappa shape index (κ3) is 4.74. The number of aliphatic carboxylic acids is 1. The molecule has 0 aromatic carbocycles. The van der Waals surface area contributed by atoms with Crippen molar-refractivity contribution >= 4 is 16.2 Å². The van der Waals surface area contributed by atoms with Crippen molar-refractivity contribution in [1.29, 1.82) is 0 Å². The highest BCUT2D eigenvalue weighted by Crippen LogP contribution is 2.23. The average molecular weight is 292 g/mol.